The molecular weight excluding hydrogens is 272 g/mol. The van der Waals surface area contributed by atoms with Crippen LogP contribution in [0.1, 0.15) is 36.8 Å². The van der Waals surface area contributed by atoms with Crippen LogP contribution in [0, 0.1) is 19.8 Å². The van der Waals surface area contributed by atoms with Crippen LogP contribution in [0.5, 0.6) is 0 Å². The molecule has 1 aromatic carbocycles. The lowest BCUT2D eigenvalue weighted by atomic mass is 9.85. The first-order valence-electron chi connectivity index (χ1n) is 7.23. The molecule has 0 aromatic heterocycles. The van der Waals surface area contributed by atoms with Crippen molar-refractivity contribution in [3.8, 4) is 0 Å². The van der Waals surface area contributed by atoms with Gasteiger partial charge in [-0.25, -0.2) is 13.1 Å². The summed E-state index contributed by atoms with van der Waals surface area (Å²) in [5, 5.41) is 0. The van der Waals surface area contributed by atoms with E-state index in [9.17, 15) is 8.42 Å². The average molecular weight is 296 g/mol. The van der Waals surface area contributed by atoms with Crippen LogP contribution in [-0.2, 0) is 10.0 Å². The molecule has 5 heteroatoms. The molecule has 1 saturated carbocycles. The summed E-state index contributed by atoms with van der Waals surface area (Å²) in [5.41, 5.74) is 7.50. The maximum Gasteiger partial charge on any atom is 0.241 e. The first kappa shape index (κ1) is 15.5. The summed E-state index contributed by atoms with van der Waals surface area (Å²) >= 11 is 0. The number of nitrogens with two attached hydrogens (primary N) is 1. The summed E-state index contributed by atoms with van der Waals surface area (Å²) in [5.74, 6) is 0.253. The molecule has 2 rings (SSSR count). The molecule has 0 heterocycles. The highest BCUT2D eigenvalue weighted by Crippen LogP contribution is 2.26. The lowest BCUT2D eigenvalue weighted by Gasteiger charge is -2.31. The minimum absolute atomic E-state index is 0.0290. The Bertz CT molecular complexity index is 569. The van der Waals surface area contributed by atoms with Gasteiger partial charge in [0.25, 0.3) is 0 Å². The fraction of sp³-hybridized carbons (Fsp3) is 0.600. The molecule has 1 aromatic rings. The summed E-state index contributed by atoms with van der Waals surface area (Å²) in [6.45, 7) is 4.27. The van der Waals surface area contributed by atoms with E-state index in [2.05, 4.69) is 4.72 Å². The van der Waals surface area contributed by atoms with E-state index < -0.39 is 10.0 Å². The maximum atomic E-state index is 12.6. The summed E-state index contributed by atoms with van der Waals surface area (Å²) < 4.78 is 28.0. The van der Waals surface area contributed by atoms with Crippen LogP contribution < -0.4 is 10.5 Å². The van der Waals surface area contributed by atoms with Crippen molar-refractivity contribution in [3.63, 3.8) is 0 Å². The molecule has 2 unspecified atom stereocenters. The number of hydrogen-bond acceptors (Lipinski definition) is 3. The molecule has 0 radical (unpaired) electrons. The zero-order chi connectivity index (χ0) is 14.8. The van der Waals surface area contributed by atoms with Crippen molar-refractivity contribution in [2.24, 2.45) is 11.7 Å². The van der Waals surface area contributed by atoms with E-state index in [4.69, 9.17) is 5.73 Å². The summed E-state index contributed by atoms with van der Waals surface area (Å²) in [6, 6.07) is 5.49. The lowest BCUT2D eigenvalue weighted by Crippen LogP contribution is -2.44. The minimum Gasteiger partial charge on any atom is -0.330 e. The first-order valence-corrected chi connectivity index (χ1v) is 8.72. The molecule has 0 spiro atoms. The molecule has 4 nitrogen and oxygen atoms in total. The van der Waals surface area contributed by atoms with Crippen molar-refractivity contribution in [3.05, 3.63) is 29.3 Å². The van der Waals surface area contributed by atoms with Crippen molar-refractivity contribution in [1.29, 1.82) is 0 Å². The third kappa shape index (κ3) is 3.40. The molecule has 0 aliphatic heterocycles. The molecule has 1 aliphatic carbocycles. The quantitative estimate of drug-likeness (QED) is 0.893. The van der Waals surface area contributed by atoms with Gasteiger partial charge in [0.2, 0.25) is 10.0 Å². The van der Waals surface area contributed by atoms with Gasteiger partial charge in [0.1, 0.15) is 0 Å². The zero-order valence-corrected chi connectivity index (χ0v) is 13.0. The van der Waals surface area contributed by atoms with Crippen molar-refractivity contribution >= 4 is 10.0 Å². The third-order valence-corrected chi connectivity index (χ3v) is 5.78. The maximum absolute atomic E-state index is 12.6. The number of nitrogens with one attached hydrogen (secondary N) is 1. The Kier molecular flexibility index (Phi) is 4.83. The smallest absolute Gasteiger partial charge is 0.241 e. The molecule has 0 saturated heterocycles. The number of sulfonamides is 1. The predicted molar refractivity (Wildman–Crippen MR) is 81.0 cm³/mol. The molecule has 20 heavy (non-hydrogen) atoms. The van der Waals surface area contributed by atoms with Crippen molar-refractivity contribution in [2.45, 2.75) is 50.5 Å². The van der Waals surface area contributed by atoms with Gasteiger partial charge in [-0.2, -0.15) is 0 Å². The average Bonchev–Trinajstić information content (AvgIpc) is 2.41. The molecular formula is C15H24N2O2S. The highest BCUT2D eigenvalue weighted by atomic mass is 32.2. The van der Waals surface area contributed by atoms with Gasteiger partial charge >= 0.3 is 0 Å². The second-order valence-electron chi connectivity index (χ2n) is 5.78. The van der Waals surface area contributed by atoms with Crippen molar-refractivity contribution in [2.75, 3.05) is 6.54 Å². The molecule has 3 N–H and O–H groups in total. The molecule has 0 amide bonds. The monoisotopic (exact) mass is 296 g/mol. The Hall–Kier alpha value is -0.910. The number of benzene rings is 1. The highest BCUT2D eigenvalue weighted by molar-refractivity contribution is 7.89. The van der Waals surface area contributed by atoms with Crippen LogP contribution in [-0.4, -0.2) is 21.0 Å². The Morgan fingerprint density at radius 2 is 1.95 bits per heavy atom. The predicted octanol–water partition coefficient (Wildman–Crippen LogP) is 2.10. The first-order chi connectivity index (χ1) is 9.44. The fourth-order valence-corrected chi connectivity index (χ4v) is 4.57. The van der Waals surface area contributed by atoms with Crippen molar-refractivity contribution < 1.29 is 8.42 Å². The zero-order valence-electron chi connectivity index (χ0n) is 12.2. The van der Waals surface area contributed by atoms with Gasteiger partial charge in [-0.05, 0) is 56.3 Å². The molecule has 1 fully saturated rings. The molecule has 112 valence electrons. The van der Waals surface area contributed by atoms with E-state index in [-0.39, 0.29) is 12.0 Å². The second-order valence-corrected chi connectivity index (χ2v) is 7.46. The SMILES string of the molecule is Cc1ccc(C)c(S(=O)(=O)NC2CCCCC2CN)c1. The standard InChI is InChI=1S/C15H24N2O2S/c1-11-7-8-12(2)15(9-11)20(18,19)17-14-6-4-3-5-13(14)10-16/h7-9,13-14,17H,3-6,10,16H2,1-2H3. The number of rotatable bonds is 4. The van der Waals surface area contributed by atoms with Gasteiger partial charge in [-0.3, -0.25) is 0 Å². The highest BCUT2D eigenvalue weighted by Gasteiger charge is 2.29. The molecule has 0 bridgehead atoms. The van der Waals surface area contributed by atoms with Crippen LogP contribution in [0.2, 0.25) is 0 Å². The van der Waals surface area contributed by atoms with Gasteiger partial charge in [0.05, 0.1) is 4.90 Å². The van der Waals surface area contributed by atoms with Crippen LogP contribution in [0.3, 0.4) is 0 Å². The Balaban J connectivity index is 2.24. The fourth-order valence-electron chi connectivity index (χ4n) is 2.90. The largest absolute Gasteiger partial charge is 0.330 e. The van der Waals surface area contributed by atoms with E-state index in [0.717, 1.165) is 36.8 Å². The van der Waals surface area contributed by atoms with Crippen LogP contribution in [0.25, 0.3) is 0 Å². The summed E-state index contributed by atoms with van der Waals surface area (Å²) in [4.78, 5) is 0.388. The number of hydrogen-bond donors (Lipinski definition) is 2. The Morgan fingerprint density at radius 3 is 2.65 bits per heavy atom. The van der Waals surface area contributed by atoms with Crippen LogP contribution >= 0.6 is 0 Å². The van der Waals surface area contributed by atoms with E-state index in [1.54, 1.807) is 6.07 Å². The van der Waals surface area contributed by atoms with Gasteiger partial charge in [0, 0.05) is 6.04 Å². The van der Waals surface area contributed by atoms with E-state index in [1.807, 2.05) is 26.0 Å². The van der Waals surface area contributed by atoms with E-state index >= 15 is 0 Å². The molecule has 1 aliphatic rings. The van der Waals surface area contributed by atoms with Gasteiger partial charge in [-0.15, -0.1) is 0 Å². The Morgan fingerprint density at radius 1 is 1.25 bits per heavy atom. The number of aryl methyl sites for hydroxylation is 2. The third-order valence-electron chi connectivity index (χ3n) is 4.15. The lowest BCUT2D eigenvalue weighted by molar-refractivity contribution is 0.296. The van der Waals surface area contributed by atoms with Gasteiger partial charge in [-0.1, -0.05) is 25.0 Å². The summed E-state index contributed by atoms with van der Waals surface area (Å²) in [7, 11) is -3.46. The summed E-state index contributed by atoms with van der Waals surface area (Å²) in [6.07, 6.45) is 4.10. The molecule has 2 atom stereocenters. The minimum atomic E-state index is -3.46. The Labute approximate surface area is 121 Å². The van der Waals surface area contributed by atoms with Crippen LogP contribution in [0.15, 0.2) is 23.1 Å². The van der Waals surface area contributed by atoms with E-state index in [0.29, 0.717) is 11.4 Å². The van der Waals surface area contributed by atoms with Gasteiger partial charge in [0.15, 0.2) is 0 Å². The topological polar surface area (TPSA) is 72.2 Å². The van der Waals surface area contributed by atoms with Crippen LogP contribution in [0.4, 0.5) is 0 Å². The second kappa shape index (κ2) is 6.24. The van der Waals surface area contributed by atoms with Crippen molar-refractivity contribution in [1.82, 2.24) is 4.72 Å². The normalized spacial score (nSPS) is 23.8. The van der Waals surface area contributed by atoms with Gasteiger partial charge < -0.3 is 5.73 Å². The van der Waals surface area contributed by atoms with E-state index in [1.165, 1.54) is 0 Å².